The van der Waals surface area contributed by atoms with Crippen LogP contribution in [0.25, 0.3) is 22.2 Å². The van der Waals surface area contributed by atoms with Gasteiger partial charge in [-0.25, -0.2) is 14.1 Å². The Hall–Kier alpha value is -3.53. The molecule has 0 atom stereocenters. The van der Waals surface area contributed by atoms with E-state index in [9.17, 15) is 9.18 Å². The van der Waals surface area contributed by atoms with Crippen LogP contribution in [0.15, 0.2) is 60.7 Å². The number of halogens is 3. The molecule has 4 aromatic rings. The Balaban J connectivity index is 1.59. The van der Waals surface area contributed by atoms with Crippen molar-refractivity contribution >= 4 is 46.1 Å². The molecular formula is C24H17Cl2FN4O. The van der Waals surface area contributed by atoms with Gasteiger partial charge in [0.2, 0.25) is 5.95 Å². The highest BCUT2D eigenvalue weighted by molar-refractivity contribution is 6.43. The Kier molecular flexibility index (Phi) is 6.31. The van der Waals surface area contributed by atoms with Crippen molar-refractivity contribution in [3.05, 3.63) is 82.1 Å². The van der Waals surface area contributed by atoms with Crippen LogP contribution in [0.3, 0.4) is 0 Å². The van der Waals surface area contributed by atoms with E-state index in [4.69, 9.17) is 29.6 Å². The molecule has 0 aliphatic carbocycles. The first-order chi connectivity index (χ1) is 15.5. The zero-order valence-electron chi connectivity index (χ0n) is 16.7. The van der Waals surface area contributed by atoms with E-state index in [1.165, 1.54) is 10.7 Å². The molecule has 1 amide bonds. The van der Waals surface area contributed by atoms with Crippen molar-refractivity contribution in [1.29, 1.82) is 0 Å². The SMILES string of the molecule is C#CCC(=O)Nn1c(NCc2ccc(-c3cccc(Cl)c3Cl)cc2F)nc2ccccc21. The van der Waals surface area contributed by atoms with Crippen LogP contribution in [-0.2, 0) is 11.3 Å². The quantitative estimate of drug-likeness (QED) is 0.350. The van der Waals surface area contributed by atoms with E-state index >= 15 is 0 Å². The van der Waals surface area contributed by atoms with Crippen molar-refractivity contribution in [2.24, 2.45) is 0 Å². The van der Waals surface area contributed by atoms with Gasteiger partial charge in [0, 0.05) is 17.7 Å². The molecule has 1 heterocycles. The number of nitrogens with one attached hydrogen (secondary N) is 2. The highest BCUT2D eigenvalue weighted by Crippen LogP contribution is 2.34. The Morgan fingerprint density at radius 2 is 1.94 bits per heavy atom. The van der Waals surface area contributed by atoms with Crippen LogP contribution in [0.4, 0.5) is 10.3 Å². The number of amides is 1. The van der Waals surface area contributed by atoms with Crippen LogP contribution >= 0.6 is 23.2 Å². The third-order valence-corrected chi connectivity index (χ3v) is 5.63. The van der Waals surface area contributed by atoms with Crippen molar-refractivity contribution in [2.75, 3.05) is 10.7 Å². The van der Waals surface area contributed by atoms with Crippen molar-refractivity contribution in [3.8, 4) is 23.5 Å². The maximum Gasteiger partial charge on any atom is 0.250 e. The van der Waals surface area contributed by atoms with Gasteiger partial charge in [0.1, 0.15) is 5.82 Å². The second-order valence-electron chi connectivity index (χ2n) is 6.94. The van der Waals surface area contributed by atoms with Crippen molar-refractivity contribution < 1.29 is 9.18 Å². The normalized spacial score (nSPS) is 10.7. The summed E-state index contributed by atoms with van der Waals surface area (Å²) in [4.78, 5) is 16.5. The van der Waals surface area contributed by atoms with Crippen LogP contribution in [0.2, 0.25) is 10.0 Å². The maximum atomic E-state index is 14.9. The largest absolute Gasteiger partial charge is 0.350 e. The second kappa shape index (κ2) is 9.31. The van der Waals surface area contributed by atoms with Crippen molar-refractivity contribution in [2.45, 2.75) is 13.0 Å². The number of rotatable bonds is 6. The lowest BCUT2D eigenvalue weighted by atomic mass is 10.0. The summed E-state index contributed by atoms with van der Waals surface area (Å²) in [6, 6.07) is 17.4. The van der Waals surface area contributed by atoms with Gasteiger partial charge < -0.3 is 5.32 Å². The smallest absolute Gasteiger partial charge is 0.250 e. The van der Waals surface area contributed by atoms with Gasteiger partial charge >= 0.3 is 0 Å². The first-order valence-electron chi connectivity index (χ1n) is 9.65. The fraction of sp³-hybridized carbons (Fsp3) is 0.0833. The molecule has 0 radical (unpaired) electrons. The highest BCUT2D eigenvalue weighted by Gasteiger charge is 2.14. The van der Waals surface area contributed by atoms with E-state index in [-0.39, 0.29) is 18.9 Å². The summed E-state index contributed by atoms with van der Waals surface area (Å²) >= 11 is 12.3. The van der Waals surface area contributed by atoms with Crippen LogP contribution in [0.5, 0.6) is 0 Å². The predicted octanol–water partition coefficient (Wildman–Crippen LogP) is 5.85. The lowest BCUT2D eigenvalue weighted by Crippen LogP contribution is -2.24. The summed E-state index contributed by atoms with van der Waals surface area (Å²) < 4.78 is 16.4. The number of carbonyl (C=O) groups is 1. The van der Waals surface area contributed by atoms with Gasteiger partial charge in [-0.2, -0.15) is 0 Å². The van der Waals surface area contributed by atoms with E-state index in [1.807, 2.05) is 24.3 Å². The molecule has 0 spiro atoms. The minimum atomic E-state index is -0.412. The molecule has 4 rings (SSSR count). The standard InChI is InChI=1S/C24H17Cl2FN4O/c1-2-6-22(32)30-31-21-10-4-3-9-20(21)29-24(31)28-14-16-12-11-15(13-19(16)27)17-7-5-8-18(25)23(17)26/h1,3-5,7-13H,6,14H2,(H,28,29)(H,30,32). The molecule has 0 aliphatic rings. The number of aromatic nitrogens is 2. The van der Waals surface area contributed by atoms with Gasteiger partial charge in [-0.1, -0.05) is 65.5 Å². The lowest BCUT2D eigenvalue weighted by molar-refractivity contribution is -0.116. The topological polar surface area (TPSA) is 59.0 Å². The van der Waals surface area contributed by atoms with Gasteiger partial charge in [0.05, 0.1) is 27.5 Å². The van der Waals surface area contributed by atoms with Gasteiger partial charge in [0.25, 0.3) is 5.91 Å². The number of benzene rings is 3. The lowest BCUT2D eigenvalue weighted by Gasteiger charge is -2.13. The minimum Gasteiger partial charge on any atom is -0.350 e. The molecule has 160 valence electrons. The third-order valence-electron chi connectivity index (χ3n) is 4.81. The molecule has 0 saturated carbocycles. The Bertz CT molecular complexity index is 1360. The number of terminal acetylenes is 1. The molecule has 5 nitrogen and oxygen atoms in total. The molecule has 0 saturated heterocycles. The van der Waals surface area contributed by atoms with Gasteiger partial charge in [-0.3, -0.25) is 10.2 Å². The first-order valence-corrected chi connectivity index (χ1v) is 10.4. The monoisotopic (exact) mass is 466 g/mol. The fourth-order valence-corrected chi connectivity index (χ4v) is 3.68. The number of anilines is 1. The molecule has 8 heteroatoms. The number of hydrogen-bond donors (Lipinski definition) is 2. The predicted molar refractivity (Wildman–Crippen MR) is 127 cm³/mol. The summed E-state index contributed by atoms with van der Waals surface area (Å²) in [7, 11) is 0. The summed E-state index contributed by atoms with van der Waals surface area (Å²) in [6.45, 7) is 0.143. The first kappa shape index (κ1) is 21.7. The minimum absolute atomic E-state index is 0.0753. The zero-order valence-corrected chi connectivity index (χ0v) is 18.2. The molecule has 2 N–H and O–H groups in total. The molecule has 0 unspecified atom stereocenters. The Morgan fingerprint density at radius 1 is 1.12 bits per heavy atom. The van der Waals surface area contributed by atoms with E-state index < -0.39 is 5.82 Å². The molecule has 0 fully saturated rings. The highest BCUT2D eigenvalue weighted by atomic mass is 35.5. The Labute approximate surface area is 194 Å². The third kappa shape index (κ3) is 4.40. The van der Waals surface area contributed by atoms with E-state index in [2.05, 4.69) is 21.6 Å². The van der Waals surface area contributed by atoms with Crippen molar-refractivity contribution in [3.63, 3.8) is 0 Å². The van der Waals surface area contributed by atoms with E-state index in [0.29, 0.717) is 43.7 Å². The number of nitrogens with zero attached hydrogens (tertiary/aromatic N) is 2. The average molecular weight is 467 g/mol. The van der Waals surface area contributed by atoms with Crippen molar-refractivity contribution in [1.82, 2.24) is 9.66 Å². The van der Waals surface area contributed by atoms with Crippen LogP contribution < -0.4 is 10.7 Å². The molecular weight excluding hydrogens is 450 g/mol. The summed E-state index contributed by atoms with van der Waals surface area (Å²) in [5, 5.41) is 3.86. The molecule has 0 aliphatic heterocycles. The van der Waals surface area contributed by atoms with Gasteiger partial charge in [-0.15, -0.1) is 6.42 Å². The summed E-state index contributed by atoms with van der Waals surface area (Å²) in [5.74, 6) is 1.90. The van der Waals surface area contributed by atoms with Crippen LogP contribution in [0.1, 0.15) is 12.0 Å². The molecule has 3 aromatic carbocycles. The molecule has 32 heavy (non-hydrogen) atoms. The number of imidazole rings is 1. The summed E-state index contributed by atoms with van der Waals surface area (Å²) in [6.07, 6.45) is 5.15. The fourth-order valence-electron chi connectivity index (χ4n) is 3.27. The van der Waals surface area contributed by atoms with Crippen LogP contribution in [-0.4, -0.2) is 15.6 Å². The summed E-state index contributed by atoms with van der Waals surface area (Å²) in [5.41, 5.74) is 5.76. The van der Waals surface area contributed by atoms with E-state index in [1.54, 1.807) is 30.3 Å². The average Bonchev–Trinajstić information content (AvgIpc) is 3.12. The molecule has 1 aromatic heterocycles. The zero-order chi connectivity index (χ0) is 22.7. The second-order valence-corrected chi connectivity index (χ2v) is 7.72. The van der Waals surface area contributed by atoms with Gasteiger partial charge in [0.15, 0.2) is 0 Å². The van der Waals surface area contributed by atoms with Gasteiger partial charge in [-0.05, 0) is 29.8 Å². The number of fused-ring (bicyclic) bond motifs is 1. The number of carbonyl (C=O) groups excluding carboxylic acids is 1. The number of hydrogen-bond acceptors (Lipinski definition) is 3. The van der Waals surface area contributed by atoms with E-state index in [0.717, 1.165) is 0 Å². The maximum absolute atomic E-state index is 14.9. The Morgan fingerprint density at radius 3 is 2.72 bits per heavy atom. The molecule has 0 bridgehead atoms. The van der Waals surface area contributed by atoms with Crippen LogP contribution in [0, 0.1) is 18.2 Å². The number of para-hydroxylation sites is 2.